The maximum Gasteiger partial charge on any atom is 0.252 e. The van der Waals surface area contributed by atoms with E-state index in [9.17, 15) is 4.79 Å². The molecule has 1 N–H and O–H groups in total. The van der Waals surface area contributed by atoms with Gasteiger partial charge in [0.1, 0.15) is 0 Å². The molecule has 1 fully saturated rings. The van der Waals surface area contributed by atoms with Gasteiger partial charge in [0.05, 0.1) is 17.6 Å². The smallest absolute Gasteiger partial charge is 0.252 e. The summed E-state index contributed by atoms with van der Waals surface area (Å²) >= 11 is 0. The molecular formula is C28H34N6O. The third-order valence-electron chi connectivity index (χ3n) is 7.38. The number of pyridine rings is 1. The zero-order valence-electron chi connectivity index (χ0n) is 20.7. The summed E-state index contributed by atoms with van der Waals surface area (Å²) < 4.78 is 2.06. The van der Waals surface area contributed by atoms with Crippen LogP contribution in [0.5, 0.6) is 0 Å². The summed E-state index contributed by atoms with van der Waals surface area (Å²) in [6, 6.07) is 19.1. The number of hydrogen-bond acceptors (Lipinski definition) is 5. The standard InChI is InChI=1S/C28H34N6O/c1-3-25(27-30-31-32-34(27)24-14-7-8-15-24)33(17-16-21-11-5-4-6-12-21)19-23-18-22-13-9-10-20(2)26(22)29-28(23)35/h4-6,9-13,18,24-25H,3,7-8,14-17,19H2,1-2H3,(H,29,35)/t25-/m0/s1. The zero-order chi connectivity index (χ0) is 24.2. The Bertz CT molecular complexity index is 1320. The molecule has 2 aromatic heterocycles. The molecule has 2 heterocycles. The molecule has 0 bridgehead atoms. The minimum atomic E-state index is -0.0262. The van der Waals surface area contributed by atoms with Gasteiger partial charge in [0, 0.05) is 18.7 Å². The van der Waals surface area contributed by atoms with Gasteiger partial charge >= 0.3 is 0 Å². The normalized spacial score (nSPS) is 15.3. The van der Waals surface area contributed by atoms with Crippen molar-refractivity contribution in [3.05, 3.63) is 87.5 Å². The van der Waals surface area contributed by atoms with Crippen LogP contribution in [0.1, 0.15) is 73.6 Å². The number of fused-ring (bicyclic) bond motifs is 1. The molecule has 7 heteroatoms. The largest absolute Gasteiger partial charge is 0.321 e. The maximum absolute atomic E-state index is 13.1. The van der Waals surface area contributed by atoms with Gasteiger partial charge in [-0.1, -0.05) is 68.3 Å². The summed E-state index contributed by atoms with van der Waals surface area (Å²) in [5.41, 5.74) is 4.02. The first-order chi connectivity index (χ1) is 17.1. The molecule has 0 spiro atoms. The SMILES string of the molecule is CC[C@@H](c1nnnn1C1CCCC1)N(CCc1ccccc1)Cc1cc2cccc(C)c2[nH]c1=O. The van der Waals surface area contributed by atoms with Crippen LogP contribution in [0.4, 0.5) is 0 Å². The molecule has 2 aromatic carbocycles. The highest BCUT2D eigenvalue weighted by atomic mass is 16.1. The fourth-order valence-corrected chi connectivity index (χ4v) is 5.46. The van der Waals surface area contributed by atoms with Gasteiger partial charge in [-0.3, -0.25) is 9.69 Å². The van der Waals surface area contributed by atoms with Gasteiger partial charge in [0.25, 0.3) is 5.56 Å². The quantitative estimate of drug-likeness (QED) is 0.367. The molecule has 0 unspecified atom stereocenters. The minimum absolute atomic E-state index is 0.0262. The third-order valence-corrected chi connectivity index (χ3v) is 7.38. The van der Waals surface area contributed by atoms with Crippen LogP contribution < -0.4 is 5.56 Å². The molecule has 1 saturated carbocycles. The maximum atomic E-state index is 13.1. The monoisotopic (exact) mass is 470 g/mol. The van der Waals surface area contributed by atoms with Crippen molar-refractivity contribution in [3.8, 4) is 0 Å². The molecule has 182 valence electrons. The van der Waals surface area contributed by atoms with E-state index >= 15 is 0 Å². The number of benzene rings is 2. The first kappa shape index (κ1) is 23.4. The molecule has 0 aliphatic heterocycles. The number of H-pyrrole nitrogens is 1. The molecule has 7 nitrogen and oxygen atoms in total. The highest BCUT2D eigenvalue weighted by Gasteiger charge is 2.29. The Morgan fingerprint density at radius 3 is 2.69 bits per heavy atom. The number of aromatic amines is 1. The molecule has 4 aromatic rings. The lowest BCUT2D eigenvalue weighted by Gasteiger charge is -2.31. The lowest BCUT2D eigenvalue weighted by atomic mass is 10.1. The number of rotatable bonds is 9. The van der Waals surface area contributed by atoms with Crippen molar-refractivity contribution in [2.45, 2.75) is 71.0 Å². The fourth-order valence-electron chi connectivity index (χ4n) is 5.46. The van der Waals surface area contributed by atoms with Gasteiger partial charge in [-0.15, -0.1) is 5.10 Å². The lowest BCUT2D eigenvalue weighted by molar-refractivity contribution is 0.169. The predicted octanol–water partition coefficient (Wildman–Crippen LogP) is 5.13. The summed E-state index contributed by atoms with van der Waals surface area (Å²) in [7, 11) is 0. The lowest BCUT2D eigenvalue weighted by Crippen LogP contribution is -2.34. The van der Waals surface area contributed by atoms with Gasteiger partial charge in [-0.25, -0.2) is 4.68 Å². The second-order valence-electron chi connectivity index (χ2n) is 9.71. The van der Waals surface area contributed by atoms with Crippen molar-refractivity contribution in [2.24, 2.45) is 0 Å². The van der Waals surface area contributed by atoms with Gasteiger partial charge < -0.3 is 4.98 Å². The predicted molar refractivity (Wildman–Crippen MR) is 138 cm³/mol. The van der Waals surface area contributed by atoms with Crippen molar-refractivity contribution in [1.29, 1.82) is 0 Å². The molecule has 0 radical (unpaired) electrons. The topological polar surface area (TPSA) is 79.7 Å². The summed E-state index contributed by atoms with van der Waals surface area (Å²) in [5, 5.41) is 14.1. The van der Waals surface area contributed by atoms with E-state index < -0.39 is 0 Å². The van der Waals surface area contributed by atoms with E-state index in [1.54, 1.807) is 0 Å². The van der Waals surface area contributed by atoms with Gasteiger partial charge in [-0.05, 0) is 65.6 Å². The van der Waals surface area contributed by atoms with E-state index in [2.05, 4.69) is 67.3 Å². The molecule has 0 amide bonds. The number of aryl methyl sites for hydroxylation is 1. The van der Waals surface area contributed by atoms with Gasteiger partial charge in [-0.2, -0.15) is 0 Å². The number of tetrazole rings is 1. The van der Waals surface area contributed by atoms with Crippen molar-refractivity contribution in [1.82, 2.24) is 30.1 Å². The zero-order valence-corrected chi connectivity index (χ0v) is 20.7. The first-order valence-corrected chi connectivity index (χ1v) is 12.8. The van der Waals surface area contributed by atoms with Crippen LogP contribution in [0, 0.1) is 6.92 Å². The molecule has 0 saturated heterocycles. The van der Waals surface area contributed by atoms with E-state index in [1.807, 2.05) is 31.2 Å². The van der Waals surface area contributed by atoms with Crippen molar-refractivity contribution in [3.63, 3.8) is 0 Å². The molecule has 1 aliphatic carbocycles. The van der Waals surface area contributed by atoms with Crippen molar-refractivity contribution >= 4 is 10.9 Å². The average molecular weight is 471 g/mol. The molecule has 1 aliphatic rings. The fraction of sp³-hybridized carbons (Fsp3) is 0.429. The summed E-state index contributed by atoms with van der Waals surface area (Å²) in [4.78, 5) is 18.7. The van der Waals surface area contributed by atoms with Crippen molar-refractivity contribution < 1.29 is 0 Å². The first-order valence-electron chi connectivity index (χ1n) is 12.8. The number of para-hydroxylation sites is 1. The van der Waals surface area contributed by atoms with Crippen LogP contribution in [0.3, 0.4) is 0 Å². The third kappa shape index (κ3) is 5.05. The van der Waals surface area contributed by atoms with Crippen LogP contribution in [0.25, 0.3) is 10.9 Å². The van der Waals surface area contributed by atoms with Gasteiger partial charge in [0.2, 0.25) is 0 Å². The molecule has 35 heavy (non-hydrogen) atoms. The van der Waals surface area contributed by atoms with Crippen LogP contribution >= 0.6 is 0 Å². The van der Waals surface area contributed by atoms with Crippen LogP contribution in [0.15, 0.2) is 59.4 Å². The highest BCUT2D eigenvalue weighted by molar-refractivity contribution is 5.81. The Hall–Kier alpha value is -3.32. The number of hydrogen-bond donors (Lipinski definition) is 1. The Kier molecular flexibility index (Phi) is 7.04. The highest BCUT2D eigenvalue weighted by Crippen LogP contribution is 2.33. The Labute approximate surface area is 206 Å². The summed E-state index contributed by atoms with van der Waals surface area (Å²) in [6.07, 6.45) is 6.47. The minimum Gasteiger partial charge on any atom is -0.321 e. The van der Waals surface area contributed by atoms with Crippen LogP contribution in [0.2, 0.25) is 0 Å². The average Bonchev–Trinajstić information content (AvgIpc) is 3.57. The Balaban J connectivity index is 1.49. The summed E-state index contributed by atoms with van der Waals surface area (Å²) in [6.45, 7) is 5.56. The Morgan fingerprint density at radius 2 is 1.91 bits per heavy atom. The summed E-state index contributed by atoms with van der Waals surface area (Å²) in [5.74, 6) is 0.917. The van der Waals surface area contributed by atoms with E-state index in [1.165, 1.54) is 18.4 Å². The Morgan fingerprint density at radius 1 is 1.11 bits per heavy atom. The molecular weight excluding hydrogens is 436 g/mol. The van der Waals surface area contributed by atoms with Crippen LogP contribution in [-0.4, -0.2) is 36.6 Å². The number of nitrogens with one attached hydrogen (secondary N) is 1. The van der Waals surface area contributed by atoms with Crippen LogP contribution in [-0.2, 0) is 13.0 Å². The van der Waals surface area contributed by atoms with E-state index in [4.69, 9.17) is 0 Å². The molecule has 5 rings (SSSR count). The number of nitrogens with zero attached hydrogens (tertiary/aromatic N) is 5. The number of aromatic nitrogens is 5. The van der Waals surface area contributed by atoms with E-state index in [0.717, 1.165) is 60.1 Å². The van der Waals surface area contributed by atoms with E-state index in [-0.39, 0.29) is 11.6 Å². The van der Waals surface area contributed by atoms with E-state index in [0.29, 0.717) is 12.6 Å². The second-order valence-corrected chi connectivity index (χ2v) is 9.71. The van der Waals surface area contributed by atoms with Crippen molar-refractivity contribution in [2.75, 3.05) is 6.54 Å². The van der Waals surface area contributed by atoms with Gasteiger partial charge in [0.15, 0.2) is 5.82 Å². The second kappa shape index (κ2) is 10.5. The molecule has 1 atom stereocenters.